The molecule has 26 heteroatoms. The molecule has 0 aromatic rings. The van der Waals surface area contributed by atoms with Crippen molar-refractivity contribution in [3.05, 3.63) is 12.2 Å². The minimum absolute atomic E-state index is 0.0173. The van der Waals surface area contributed by atoms with Crippen LogP contribution in [0.4, 0.5) is 0 Å². The van der Waals surface area contributed by atoms with E-state index in [0.717, 1.165) is 122 Å². The second kappa shape index (κ2) is 69.6. The molecule has 1 aliphatic carbocycles. The minimum Gasteiger partial charge on any atom is -0.463 e. The number of phosphoric ester groups is 1. The van der Waals surface area contributed by atoms with Crippen molar-refractivity contribution in [1.29, 1.82) is 0 Å². The monoisotopic (exact) mass is 1680 g/mol. The zero-order valence-electron chi connectivity index (χ0n) is 72.6. The maximum absolute atomic E-state index is 14.9. The Hall–Kier alpha value is -2.79. The molecule has 3 fully saturated rings. The van der Waals surface area contributed by atoms with Gasteiger partial charge in [-0.05, 0) is 51.4 Å². The average Bonchev–Trinajstić information content (AvgIpc) is 0.754. The predicted octanol–water partition coefficient (Wildman–Crippen LogP) is 17.2. The summed E-state index contributed by atoms with van der Waals surface area (Å²) >= 11 is 0. The van der Waals surface area contributed by atoms with Gasteiger partial charge in [0, 0.05) is 25.7 Å². The molecule has 25 nitrogen and oxygen atoms in total. The Morgan fingerprint density at radius 3 is 1.03 bits per heavy atom. The maximum atomic E-state index is 14.9. The van der Waals surface area contributed by atoms with Gasteiger partial charge >= 0.3 is 31.7 Å². The second-order valence-electron chi connectivity index (χ2n) is 33.5. The smallest absolute Gasteiger partial charge is 0.463 e. The zero-order valence-corrected chi connectivity index (χ0v) is 73.5. The maximum Gasteiger partial charge on any atom is 0.472 e. The molecular formula is C90H167O25P. The summed E-state index contributed by atoms with van der Waals surface area (Å²) in [7, 11) is -5.80. The Kier molecular flexibility index (Phi) is 64.4. The largest absolute Gasteiger partial charge is 0.472 e. The molecule has 1 saturated carbocycles. The van der Waals surface area contributed by atoms with E-state index in [2.05, 4.69) is 39.8 Å². The molecule has 0 amide bonds. The second-order valence-corrected chi connectivity index (χ2v) is 34.9. The highest BCUT2D eigenvalue weighted by molar-refractivity contribution is 7.47. The van der Waals surface area contributed by atoms with Crippen LogP contribution in [0.1, 0.15) is 407 Å². The molecule has 116 heavy (non-hydrogen) atoms. The summed E-state index contributed by atoms with van der Waals surface area (Å²) in [5.74, 6) is -2.97. The molecule has 0 aromatic carbocycles. The van der Waals surface area contributed by atoms with Gasteiger partial charge in [0.25, 0.3) is 0 Å². The number of esters is 4. The molecule has 0 radical (unpaired) electrons. The van der Waals surface area contributed by atoms with Crippen LogP contribution in [0.25, 0.3) is 0 Å². The lowest BCUT2D eigenvalue weighted by Crippen LogP contribution is -2.70. The van der Waals surface area contributed by atoms with Crippen molar-refractivity contribution >= 4 is 31.7 Å². The van der Waals surface area contributed by atoms with Crippen LogP contribution in [0, 0.1) is 0 Å². The van der Waals surface area contributed by atoms with Crippen LogP contribution >= 0.6 is 7.82 Å². The third-order valence-corrected chi connectivity index (χ3v) is 24.0. The third kappa shape index (κ3) is 49.5. The van der Waals surface area contributed by atoms with Gasteiger partial charge in [-0.2, -0.15) is 0 Å². The summed E-state index contributed by atoms with van der Waals surface area (Å²) in [5.41, 5.74) is 0. The van der Waals surface area contributed by atoms with Crippen LogP contribution in [-0.4, -0.2) is 205 Å². The molecule has 0 aromatic heterocycles. The fourth-order valence-electron chi connectivity index (χ4n) is 15.5. The number of ether oxygens (including phenoxy) is 8. The van der Waals surface area contributed by atoms with Crippen LogP contribution in [0.3, 0.4) is 0 Å². The first kappa shape index (κ1) is 107. The summed E-state index contributed by atoms with van der Waals surface area (Å²) < 4.78 is 73.4. The number of carbonyl (C=O) groups excluding carboxylic acids is 4. The van der Waals surface area contributed by atoms with E-state index >= 15 is 0 Å². The van der Waals surface area contributed by atoms with E-state index in [1.807, 2.05) is 0 Å². The van der Waals surface area contributed by atoms with Crippen LogP contribution in [0.5, 0.6) is 0 Å². The molecular weight excluding hydrogens is 1510 g/mol. The van der Waals surface area contributed by atoms with Crippen molar-refractivity contribution in [3.63, 3.8) is 0 Å². The van der Waals surface area contributed by atoms with Gasteiger partial charge in [0.05, 0.1) is 13.2 Å². The molecule has 2 saturated heterocycles. The Balaban J connectivity index is 1.91. The molecule has 0 spiro atoms. The highest BCUT2D eigenvalue weighted by Gasteiger charge is 2.60. The summed E-state index contributed by atoms with van der Waals surface area (Å²) in [6.07, 6.45) is 27.9. The average molecular weight is 1680 g/mol. The van der Waals surface area contributed by atoms with Gasteiger partial charge in [0.15, 0.2) is 24.8 Å². The van der Waals surface area contributed by atoms with Crippen LogP contribution in [0.2, 0.25) is 0 Å². The molecule has 2 aliphatic heterocycles. The van der Waals surface area contributed by atoms with E-state index in [4.69, 9.17) is 46.9 Å². The first-order chi connectivity index (χ1) is 56.2. The van der Waals surface area contributed by atoms with Crippen molar-refractivity contribution in [2.45, 2.75) is 511 Å². The Morgan fingerprint density at radius 1 is 0.336 bits per heavy atom. The van der Waals surface area contributed by atoms with Crippen LogP contribution < -0.4 is 0 Å². The Morgan fingerprint density at radius 2 is 0.647 bits per heavy atom. The number of rotatable bonds is 76. The fourth-order valence-corrected chi connectivity index (χ4v) is 16.5. The highest BCUT2D eigenvalue weighted by Crippen LogP contribution is 2.49. The first-order valence-electron chi connectivity index (χ1n) is 46.9. The number of aliphatic hydroxyl groups excluding tert-OH is 9. The number of hydrogen-bond donors (Lipinski definition) is 10. The highest BCUT2D eigenvalue weighted by atomic mass is 31.2. The van der Waals surface area contributed by atoms with Gasteiger partial charge in [-0.25, -0.2) is 4.57 Å². The van der Waals surface area contributed by atoms with Gasteiger partial charge in [0.2, 0.25) is 0 Å². The minimum atomic E-state index is -5.80. The van der Waals surface area contributed by atoms with Gasteiger partial charge in [-0.3, -0.25) is 28.2 Å². The topological polar surface area (TPSA) is 380 Å². The molecule has 3 rings (SSSR count). The van der Waals surface area contributed by atoms with E-state index in [9.17, 15) is 74.6 Å². The van der Waals surface area contributed by atoms with Crippen molar-refractivity contribution < 1.29 is 122 Å². The summed E-state index contributed by atoms with van der Waals surface area (Å²) in [4.78, 5) is 66.4. The first-order valence-corrected chi connectivity index (χ1v) is 48.4. The number of unbranched alkanes of at least 4 members (excludes halogenated alkanes) is 50. The molecule has 10 N–H and O–H groups in total. The standard InChI is InChI=1S/C90H167O25P/c1-5-9-13-17-21-25-29-33-35-37-41-42-46-50-54-58-62-73(92)106-67-70(109-75(94)64-60-56-52-48-44-38-31-27-23-19-15-11-7-3)68-108-116(104,105)115-88-86(113-89-83(102)79(98)77(96)71(66-91)110-89)82(101)81(100)85(112-76(95)65-61-57-53-49-45-39-32-28-24-20-16-12-8-4)87(88)114-90-84(103)80(99)78(97)72(111-90)69-107-74(93)63-59-55-51-47-43-40-36-34-30-26-22-18-14-10-6-2/h39,45,70-72,77-91,96-103H,5-38,40-44,46-69H2,1-4H3,(H,104,105)/b45-39-. The molecule has 18 atom stereocenters. The Bertz CT molecular complexity index is 2460. The molecule has 0 bridgehead atoms. The van der Waals surface area contributed by atoms with Gasteiger partial charge in [-0.15, -0.1) is 0 Å². The summed E-state index contributed by atoms with van der Waals surface area (Å²) in [6.45, 7) is 5.60. The molecule has 2 heterocycles. The molecule has 682 valence electrons. The third-order valence-electron chi connectivity index (χ3n) is 23.0. The normalized spacial score (nSPS) is 25.2. The van der Waals surface area contributed by atoms with Crippen molar-refractivity contribution in [2.75, 3.05) is 26.4 Å². The van der Waals surface area contributed by atoms with Crippen molar-refractivity contribution in [2.24, 2.45) is 0 Å². The lowest BCUT2D eigenvalue weighted by molar-refractivity contribution is -0.360. The van der Waals surface area contributed by atoms with Gasteiger partial charge in [0.1, 0.15) is 92.6 Å². The number of aliphatic hydroxyl groups is 9. The summed E-state index contributed by atoms with van der Waals surface area (Å²) in [6, 6.07) is 0. The SMILES string of the molecule is CCCCCCCC/C=C\CCCCCC(=O)OC1C(O)C(O)C(OC2OC(CO)C(O)C(O)C2O)C(OP(=O)(O)OCC(COC(=O)CCCCCCCCCCCCCCCCCC)OC(=O)CCCCCCCCCCCCCCC)C1OC1OC(COC(=O)CCCCCCCCCCCCCCCCC)C(O)C(O)C1O. The number of carbonyl (C=O) groups is 4. The van der Waals surface area contributed by atoms with Crippen molar-refractivity contribution in [1.82, 2.24) is 0 Å². The van der Waals surface area contributed by atoms with Gasteiger partial charge < -0.3 is 88.7 Å². The zero-order chi connectivity index (χ0) is 84.7. The van der Waals surface area contributed by atoms with E-state index in [1.165, 1.54) is 193 Å². The van der Waals surface area contributed by atoms with E-state index in [0.29, 0.717) is 32.1 Å². The number of hydrogen-bond acceptors (Lipinski definition) is 24. The fraction of sp³-hybridized carbons (Fsp3) is 0.933. The van der Waals surface area contributed by atoms with Crippen LogP contribution in [0.15, 0.2) is 12.2 Å². The van der Waals surface area contributed by atoms with E-state index < -0.39 is 162 Å². The van der Waals surface area contributed by atoms with E-state index in [-0.39, 0.29) is 32.1 Å². The van der Waals surface area contributed by atoms with Crippen molar-refractivity contribution in [3.8, 4) is 0 Å². The molecule has 3 aliphatic rings. The number of allylic oxidation sites excluding steroid dienone is 2. The van der Waals surface area contributed by atoms with Gasteiger partial charge in [-0.1, -0.05) is 342 Å². The number of phosphoric acid groups is 1. The lowest BCUT2D eigenvalue weighted by Gasteiger charge is -2.50. The predicted molar refractivity (Wildman–Crippen MR) is 449 cm³/mol. The van der Waals surface area contributed by atoms with Crippen LogP contribution in [-0.2, 0) is 70.7 Å². The van der Waals surface area contributed by atoms with E-state index in [1.54, 1.807) is 0 Å². The Labute approximate surface area is 699 Å². The molecule has 18 unspecified atom stereocenters. The lowest BCUT2D eigenvalue weighted by atomic mass is 9.84. The quantitative estimate of drug-likeness (QED) is 0.00889. The summed E-state index contributed by atoms with van der Waals surface area (Å²) in [5, 5.41) is 102.